The maximum Gasteiger partial charge on any atom is 0.270 e. The van der Waals surface area contributed by atoms with Gasteiger partial charge in [-0.2, -0.15) is 0 Å². The highest BCUT2D eigenvalue weighted by atomic mass is 16.3. The van der Waals surface area contributed by atoms with Crippen LogP contribution in [0.4, 0.5) is 0 Å². The number of para-hydroxylation sites is 1. The molecular formula is C39H51N5O5. The van der Waals surface area contributed by atoms with Crippen molar-refractivity contribution in [1.29, 1.82) is 0 Å². The monoisotopic (exact) mass is 669 g/mol. The van der Waals surface area contributed by atoms with Crippen LogP contribution in [0.15, 0.2) is 66.7 Å². The largest absolute Gasteiger partial charge is 0.390 e. The highest BCUT2D eigenvalue weighted by Gasteiger charge is 2.42. The van der Waals surface area contributed by atoms with Crippen molar-refractivity contribution >= 4 is 34.4 Å². The van der Waals surface area contributed by atoms with Crippen molar-refractivity contribution in [3.63, 3.8) is 0 Å². The molecule has 5 rings (SSSR count). The number of nitrogens with zero attached hydrogens (tertiary/aromatic N) is 2. The molecule has 1 saturated carbocycles. The standard InChI is InChI=1S/C39H51N5O5/c1-25(45)20-33(42-36(47)31-19-18-27-14-10-11-17-30(27)40-31)37(48)41-32(21-26-12-6-5-7-13-26)35(46)24-44-23-29-16-9-8-15-28(29)22-34(44)38(49)43-39(2,3)4/h5-7,10-14,17-19,28-29,32-35,46H,8-9,15-16,20-24H2,1-4H3,(H,41,48)(H,42,47)(H,43,49). The van der Waals surface area contributed by atoms with E-state index in [1.807, 2.05) is 69.3 Å². The van der Waals surface area contributed by atoms with Crippen LogP contribution >= 0.6 is 0 Å². The number of fused-ring (bicyclic) bond motifs is 2. The number of piperidine rings is 1. The van der Waals surface area contributed by atoms with Gasteiger partial charge in [-0.3, -0.25) is 24.1 Å². The maximum atomic E-state index is 13.9. The number of hydrogen-bond donors (Lipinski definition) is 4. The molecule has 2 fully saturated rings. The molecule has 0 radical (unpaired) electrons. The van der Waals surface area contributed by atoms with Crippen LogP contribution < -0.4 is 16.0 Å². The number of aromatic nitrogens is 1. The van der Waals surface area contributed by atoms with Crippen molar-refractivity contribution < 1.29 is 24.3 Å². The SMILES string of the molecule is CC(=O)CC(NC(=O)c1ccc2ccccc2n1)C(=O)NC(Cc1ccccc1)C(O)CN1CC2CCCCC2CC1C(=O)NC(C)(C)C. The molecule has 1 aromatic heterocycles. The molecule has 3 aromatic rings. The number of Topliss-reactive ketones (excluding diaryl/α,β-unsaturated/α-hetero) is 1. The van der Waals surface area contributed by atoms with Crippen molar-refractivity contribution in [3.8, 4) is 0 Å². The number of carbonyl (C=O) groups excluding carboxylic acids is 4. The minimum Gasteiger partial charge on any atom is -0.390 e. The zero-order valence-electron chi connectivity index (χ0n) is 29.2. The van der Waals surface area contributed by atoms with Crippen LogP contribution in [0.2, 0.25) is 0 Å². The lowest BCUT2D eigenvalue weighted by Crippen LogP contribution is -2.61. The summed E-state index contributed by atoms with van der Waals surface area (Å²) in [5.74, 6) is -0.520. The van der Waals surface area contributed by atoms with Gasteiger partial charge >= 0.3 is 0 Å². The molecule has 6 unspecified atom stereocenters. The van der Waals surface area contributed by atoms with Gasteiger partial charge < -0.3 is 21.1 Å². The normalized spacial score (nSPS) is 21.5. The van der Waals surface area contributed by atoms with Gasteiger partial charge in [0.1, 0.15) is 17.5 Å². The average Bonchev–Trinajstić information content (AvgIpc) is 3.06. The van der Waals surface area contributed by atoms with Crippen molar-refractivity contribution in [2.24, 2.45) is 11.8 Å². The molecule has 1 aliphatic carbocycles. The van der Waals surface area contributed by atoms with Crippen LogP contribution in [-0.4, -0.2) is 81.4 Å². The number of pyridine rings is 1. The molecule has 2 aliphatic rings. The zero-order valence-corrected chi connectivity index (χ0v) is 29.2. The Balaban J connectivity index is 1.35. The fourth-order valence-electron chi connectivity index (χ4n) is 7.35. The molecule has 1 aliphatic heterocycles. The molecule has 0 spiro atoms. The predicted molar refractivity (Wildman–Crippen MR) is 190 cm³/mol. The van der Waals surface area contributed by atoms with Crippen molar-refractivity contribution in [3.05, 3.63) is 78.0 Å². The first kappa shape index (κ1) is 36.1. The summed E-state index contributed by atoms with van der Waals surface area (Å²) in [5.41, 5.74) is 1.28. The van der Waals surface area contributed by atoms with E-state index < -0.39 is 35.5 Å². The summed E-state index contributed by atoms with van der Waals surface area (Å²) in [6.45, 7) is 8.16. The fourth-order valence-corrected chi connectivity index (χ4v) is 7.35. The van der Waals surface area contributed by atoms with Gasteiger partial charge in [-0.05, 0) is 76.5 Å². The molecule has 2 heterocycles. The molecule has 49 heavy (non-hydrogen) atoms. The average molecular weight is 670 g/mol. The molecule has 10 heteroatoms. The highest BCUT2D eigenvalue weighted by molar-refractivity contribution is 5.99. The van der Waals surface area contributed by atoms with Gasteiger partial charge in [0, 0.05) is 30.4 Å². The summed E-state index contributed by atoms with van der Waals surface area (Å²) in [7, 11) is 0. The quantitative estimate of drug-likeness (QED) is 0.227. The van der Waals surface area contributed by atoms with E-state index in [-0.39, 0.29) is 36.4 Å². The van der Waals surface area contributed by atoms with Gasteiger partial charge in [-0.1, -0.05) is 73.9 Å². The Morgan fingerprint density at radius 1 is 0.918 bits per heavy atom. The third kappa shape index (κ3) is 9.95. The highest BCUT2D eigenvalue weighted by Crippen LogP contribution is 2.39. The van der Waals surface area contributed by atoms with Crippen LogP contribution in [0.3, 0.4) is 0 Å². The van der Waals surface area contributed by atoms with Crippen molar-refractivity contribution in [2.75, 3.05) is 13.1 Å². The Bertz CT molecular complexity index is 1620. The first-order valence-corrected chi connectivity index (χ1v) is 17.6. The molecular weight excluding hydrogens is 618 g/mol. The lowest BCUT2D eigenvalue weighted by atomic mass is 9.72. The Morgan fingerprint density at radius 3 is 2.33 bits per heavy atom. The van der Waals surface area contributed by atoms with E-state index in [0.29, 0.717) is 30.3 Å². The Hall–Kier alpha value is -4.15. The third-order valence-electron chi connectivity index (χ3n) is 9.76. The number of β-amino-alcohol motifs (C(OH)–C–C–N with tert-alkyl or cyclic N) is 1. The summed E-state index contributed by atoms with van der Waals surface area (Å²) in [4.78, 5) is 59.7. The van der Waals surface area contributed by atoms with Gasteiger partial charge in [0.05, 0.1) is 23.7 Å². The second-order valence-corrected chi connectivity index (χ2v) is 14.9. The van der Waals surface area contributed by atoms with E-state index in [4.69, 9.17) is 0 Å². The molecule has 262 valence electrons. The summed E-state index contributed by atoms with van der Waals surface area (Å²) in [6.07, 6.45) is 4.37. The first-order chi connectivity index (χ1) is 23.4. The van der Waals surface area contributed by atoms with Crippen molar-refractivity contribution in [1.82, 2.24) is 25.8 Å². The van der Waals surface area contributed by atoms with Gasteiger partial charge in [0.25, 0.3) is 5.91 Å². The van der Waals surface area contributed by atoms with Gasteiger partial charge in [-0.25, -0.2) is 4.98 Å². The number of ketones is 1. The Kier molecular flexibility index (Phi) is 11.8. The van der Waals surface area contributed by atoms with Crippen LogP contribution in [0.5, 0.6) is 0 Å². The van der Waals surface area contributed by atoms with E-state index in [1.165, 1.54) is 19.8 Å². The molecule has 6 atom stereocenters. The number of nitrogens with one attached hydrogen (secondary N) is 3. The van der Waals surface area contributed by atoms with Crippen LogP contribution in [0.1, 0.15) is 82.3 Å². The first-order valence-electron chi connectivity index (χ1n) is 17.6. The van der Waals surface area contributed by atoms with Crippen LogP contribution in [-0.2, 0) is 20.8 Å². The number of hydrogen-bond acceptors (Lipinski definition) is 7. The third-order valence-corrected chi connectivity index (χ3v) is 9.76. The number of aliphatic hydroxyl groups is 1. The Labute approximate surface area is 289 Å². The molecule has 2 aromatic carbocycles. The van der Waals surface area contributed by atoms with E-state index in [9.17, 15) is 24.3 Å². The van der Waals surface area contributed by atoms with E-state index in [2.05, 4.69) is 25.8 Å². The maximum absolute atomic E-state index is 13.9. The van der Waals surface area contributed by atoms with Gasteiger partial charge in [-0.15, -0.1) is 0 Å². The lowest BCUT2D eigenvalue weighted by molar-refractivity contribution is -0.133. The van der Waals surface area contributed by atoms with E-state index >= 15 is 0 Å². The second-order valence-electron chi connectivity index (χ2n) is 14.9. The number of rotatable bonds is 12. The summed E-state index contributed by atoms with van der Waals surface area (Å²) >= 11 is 0. The van der Waals surface area contributed by atoms with Crippen LogP contribution in [0, 0.1) is 11.8 Å². The molecule has 3 amide bonds. The number of benzene rings is 2. The zero-order chi connectivity index (χ0) is 35.1. The van der Waals surface area contributed by atoms with E-state index in [0.717, 1.165) is 30.2 Å². The lowest BCUT2D eigenvalue weighted by Gasteiger charge is -2.47. The summed E-state index contributed by atoms with van der Waals surface area (Å²) in [5, 5.41) is 21.6. The summed E-state index contributed by atoms with van der Waals surface area (Å²) < 4.78 is 0. The molecule has 4 N–H and O–H groups in total. The molecule has 10 nitrogen and oxygen atoms in total. The number of likely N-dealkylation sites (tertiary alicyclic amines) is 1. The van der Waals surface area contributed by atoms with Gasteiger partial charge in [0.2, 0.25) is 11.8 Å². The second kappa shape index (κ2) is 16.0. The number of amides is 3. The number of aliphatic hydroxyl groups excluding tert-OH is 1. The topological polar surface area (TPSA) is 141 Å². The van der Waals surface area contributed by atoms with Gasteiger partial charge in [0.15, 0.2) is 0 Å². The smallest absolute Gasteiger partial charge is 0.270 e. The fraction of sp³-hybridized carbons (Fsp3) is 0.513. The minimum absolute atomic E-state index is 0.0427. The minimum atomic E-state index is -1.17. The van der Waals surface area contributed by atoms with E-state index in [1.54, 1.807) is 18.2 Å². The molecule has 0 bridgehead atoms. The molecule has 1 saturated heterocycles. The predicted octanol–water partition coefficient (Wildman–Crippen LogP) is 4.20. The summed E-state index contributed by atoms with van der Waals surface area (Å²) in [6, 6.07) is 18.0. The Morgan fingerprint density at radius 2 is 1.61 bits per heavy atom. The van der Waals surface area contributed by atoms with Crippen LogP contribution in [0.25, 0.3) is 10.9 Å². The van der Waals surface area contributed by atoms with Crippen molar-refractivity contribution in [2.45, 2.75) is 102 Å². The number of carbonyl (C=O) groups is 4.